The van der Waals surface area contributed by atoms with Crippen LogP contribution in [0.1, 0.15) is 26.2 Å². The second kappa shape index (κ2) is 5.17. The van der Waals surface area contributed by atoms with Crippen LogP contribution in [0, 0.1) is 11.8 Å². The second-order valence-electron chi connectivity index (χ2n) is 1.65. The van der Waals surface area contributed by atoms with E-state index in [0.29, 0.717) is 12.8 Å². The molecule has 0 aliphatic heterocycles. The van der Waals surface area contributed by atoms with E-state index in [4.69, 9.17) is 0 Å². The van der Waals surface area contributed by atoms with Gasteiger partial charge in [0.05, 0.1) is 6.42 Å². The summed E-state index contributed by atoms with van der Waals surface area (Å²) in [5, 5.41) is 9.80. The number of hydrogen-bond donors (Lipinski definition) is 0. The highest BCUT2D eigenvalue weighted by Gasteiger charge is 1.95. The first-order valence-corrected chi connectivity index (χ1v) is 2.87. The van der Waals surface area contributed by atoms with Crippen LogP contribution < -0.4 is 0 Å². The molecule has 0 N–H and O–H groups in total. The predicted molar refractivity (Wildman–Crippen MR) is 33.0 cm³/mol. The summed E-state index contributed by atoms with van der Waals surface area (Å²) >= 11 is 0. The summed E-state index contributed by atoms with van der Waals surface area (Å²) in [4.78, 5) is 9.80. The number of carbonyl (C=O) groups is 1. The first-order chi connectivity index (χ1) is 4.27. The van der Waals surface area contributed by atoms with E-state index in [2.05, 4.69) is 11.8 Å². The molecule has 0 aromatic heterocycles. The first-order valence-electron chi connectivity index (χ1n) is 2.87. The van der Waals surface area contributed by atoms with Gasteiger partial charge in [0.25, 0.3) is 0 Å². The lowest BCUT2D eigenvalue weighted by molar-refractivity contribution is -0.143. The van der Waals surface area contributed by atoms with Crippen LogP contribution in [0.15, 0.2) is 0 Å². The highest BCUT2D eigenvalue weighted by Crippen LogP contribution is 1.92. The van der Waals surface area contributed by atoms with Gasteiger partial charge in [-0.3, -0.25) is 0 Å². The summed E-state index contributed by atoms with van der Waals surface area (Å²) in [5.74, 6) is 4.45. The van der Waals surface area contributed by atoms with Crippen LogP contribution in [0.2, 0.25) is 0 Å². The van der Waals surface area contributed by atoms with E-state index in [1.165, 1.54) is 0 Å². The van der Waals surface area contributed by atoms with Gasteiger partial charge in [0.15, 0.2) is 0 Å². The van der Waals surface area contributed by atoms with Gasteiger partial charge in [-0.2, -0.15) is 0 Å². The molecule has 49 valence electrons. The molecule has 0 bridgehead atoms. The van der Waals surface area contributed by atoms with Crippen LogP contribution in [0.3, 0.4) is 0 Å². The van der Waals surface area contributed by atoms with E-state index in [0.717, 1.165) is 0 Å². The van der Waals surface area contributed by atoms with Gasteiger partial charge >= 0.3 is 5.97 Å². The van der Waals surface area contributed by atoms with E-state index in [9.17, 15) is 9.90 Å². The van der Waals surface area contributed by atoms with Gasteiger partial charge in [0.2, 0.25) is 0 Å². The summed E-state index contributed by atoms with van der Waals surface area (Å²) in [5.41, 5.74) is 0. The Morgan fingerprint density at radius 1 is 1.56 bits per heavy atom. The van der Waals surface area contributed by atoms with Gasteiger partial charge in [-0.25, -0.2) is 9.90 Å². The fourth-order valence-electron chi connectivity index (χ4n) is 0.446. The molecule has 2 nitrogen and oxygen atoms in total. The minimum absolute atomic E-state index is 0.120. The molecule has 0 saturated heterocycles. The smallest absolute Gasteiger partial charge is 0.247 e. The molecule has 0 atom stereocenters. The largest absolute Gasteiger partial charge is 0.355 e. The number of hydrogen-bond acceptors (Lipinski definition) is 1. The lowest BCUT2D eigenvalue weighted by Crippen LogP contribution is -1.90. The van der Waals surface area contributed by atoms with Gasteiger partial charge in [-0.05, 0) is 13.3 Å². The Kier molecular flexibility index (Phi) is 4.61. The van der Waals surface area contributed by atoms with Gasteiger partial charge < -0.3 is 0 Å². The summed E-state index contributed by atoms with van der Waals surface area (Å²) in [7, 11) is 0. The van der Waals surface area contributed by atoms with Crippen LogP contribution in [0.5, 0.6) is 0 Å². The summed E-state index contributed by atoms with van der Waals surface area (Å²) in [6, 6.07) is 0. The summed E-state index contributed by atoms with van der Waals surface area (Å²) in [6.07, 6.45) is 1.38. The maximum absolute atomic E-state index is 9.80. The van der Waals surface area contributed by atoms with Gasteiger partial charge in [-0.1, -0.05) is 0 Å². The van der Waals surface area contributed by atoms with Crippen LogP contribution >= 0.6 is 0 Å². The Bertz CT molecular complexity index is 139. The monoisotopic (exact) mass is 125 g/mol. The molecule has 0 heterocycles. The SMILES string of the molecule is CC#CCCCC([O])=O. The minimum Gasteiger partial charge on any atom is -0.247 e. The van der Waals surface area contributed by atoms with E-state index in [1.807, 2.05) is 0 Å². The van der Waals surface area contributed by atoms with E-state index < -0.39 is 5.97 Å². The third-order valence-corrected chi connectivity index (χ3v) is 0.859. The maximum atomic E-state index is 9.80. The number of unbranched alkanes of at least 4 members (excludes halogenated alkanes) is 1. The first kappa shape index (κ1) is 8.03. The van der Waals surface area contributed by atoms with Crippen molar-refractivity contribution in [3.63, 3.8) is 0 Å². The van der Waals surface area contributed by atoms with Crippen LogP contribution in [-0.2, 0) is 9.90 Å². The molecule has 0 rings (SSSR count). The van der Waals surface area contributed by atoms with Crippen LogP contribution in [-0.4, -0.2) is 5.97 Å². The predicted octanol–water partition coefficient (Wildman–Crippen LogP) is 1.14. The average molecular weight is 125 g/mol. The Labute approximate surface area is 54.9 Å². The van der Waals surface area contributed by atoms with Gasteiger partial charge in [0.1, 0.15) is 0 Å². The van der Waals surface area contributed by atoms with Crippen molar-refractivity contribution in [3.8, 4) is 11.8 Å². The quantitative estimate of drug-likeness (QED) is 0.411. The molecule has 0 aromatic rings. The molecule has 0 unspecified atom stereocenters. The Balaban J connectivity index is 3.07. The van der Waals surface area contributed by atoms with E-state index in [1.54, 1.807) is 6.92 Å². The van der Waals surface area contributed by atoms with Gasteiger partial charge in [-0.15, -0.1) is 11.8 Å². The number of carbonyl (C=O) groups excluding carboxylic acids is 1. The molecule has 2 heteroatoms. The zero-order valence-corrected chi connectivity index (χ0v) is 5.44. The van der Waals surface area contributed by atoms with Crippen LogP contribution in [0.4, 0.5) is 0 Å². The normalized spacial score (nSPS) is 7.67. The topological polar surface area (TPSA) is 37.0 Å². The standard InChI is InChI=1S/C7H9O2/c1-2-3-4-5-6-7(8)9/h4-6H2,1H3. The number of rotatable bonds is 3. The molecule has 0 saturated carbocycles. The fraction of sp³-hybridized carbons (Fsp3) is 0.571. The Morgan fingerprint density at radius 3 is 2.67 bits per heavy atom. The molecule has 0 spiro atoms. The van der Waals surface area contributed by atoms with Crippen molar-refractivity contribution in [2.75, 3.05) is 0 Å². The van der Waals surface area contributed by atoms with Crippen molar-refractivity contribution in [2.24, 2.45) is 0 Å². The van der Waals surface area contributed by atoms with Crippen molar-refractivity contribution in [3.05, 3.63) is 0 Å². The lowest BCUT2D eigenvalue weighted by atomic mass is 10.2. The van der Waals surface area contributed by atoms with Crippen molar-refractivity contribution in [1.82, 2.24) is 0 Å². The molecule has 9 heavy (non-hydrogen) atoms. The third kappa shape index (κ3) is 7.03. The maximum Gasteiger partial charge on any atom is 0.355 e. The van der Waals surface area contributed by atoms with Gasteiger partial charge in [0, 0.05) is 6.42 Å². The Morgan fingerprint density at radius 2 is 2.22 bits per heavy atom. The average Bonchev–Trinajstić information content (AvgIpc) is 1.80. The molecule has 0 aliphatic carbocycles. The minimum atomic E-state index is -0.993. The third-order valence-electron chi connectivity index (χ3n) is 0.859. The van der Waals surface area contributed by atoms with Crippen LogP contribution in [0.25, 0.3) is 0 Å². The molecule has 0 aromatic carbocycles. The zero-order chi connectivity index (χ0) is 7.11. The second-order valence-corrected chi connectivity index (χ2v) is 1.65. The lowest BCUT2D eigenvalue weighted by Gasteiger charge is -1.83. The molecular formula is C7H9O2. The van der Waals surface area contributed by atoms with Crippen molar-refractivity contribution >= 4 is 5.97 Å². The van der Waals surface area contributed by atoms with Crippen molar-refractivity contribution in [1.29, 1.82) is 0 Å². The van der Waals surface area contributed by atoms with E-state index >= 15 is 0 Å². The molecule has 0 aliphatic rings. The summed E-state index contributed by atoms with van der Waals surface area (Å²) in [6.45, 7) is 1.74. The fourth-order valence-corrected chi connectivity index (χ4v) is 0.446. The molecule has 0 amide bonds. The van der Waals surface area contributed by atoms with Crippen molar-refractivity contribution in [2.45, 2.75) is 26.2 Å². The zero-order valence-electron chi connectivity index (χ0n) is 5.44. The molecular weight excluding hydrogens is 116 g/mol. The summed E-state index contributed by atoms with van der Waals surface area (Å²) < 4.78 is 0. The molecule has 0 fully saturated rings. The van der Waals surface area contributed by atoms with Crippen molar-refractivity contribution < 1.29 is 9.90 Å². The highest BCUT2D eigenvalue weighted by molar-refractivity contribution is 5.66. The molecule has 1 radical (unpaired) electrons. The van der Waals surface area contributed by atoms with E-state index in [-0.39, 0.29) is 6.42 Å². The highest BCUT2D eigenvalue weighted by atomic mass is 16.4. The Hall–Kier alpha value is -0.970.